The average molecular weight is 863 g/mol. The van der Waals surface area contributed by atoms with Crippen LogP contribution in [0.25, 0.3) is 133 Å². The van der Waals surface area contributed by atoms with Crippen molar-refractivity contribution in [1.29, 1.82) is 5.26 Å². The minimum Gasteiger partial charge on any atom is -0.208 e. The summed E-state index contributed by atoms with van der Waals surface area (Å²) in [5, 5.41) is 18.0. The molecule has 0 unspecified atom stereocenters. The second-order valence-corrected chi connectivity index (χ2v) is 17.4. The maximum atomic E-state index is 10.5. The third kappa shape index (κ3) is 6.56. The molecule has 1 aromatic heterocycles. The molecule has 0 saturated heterocycles. The highest BCUT2D eigenvalue weighted by molar-refractivity contribution is 6.16. The lowest BCUT2D eigenvalue weighted by Gasteiger charge is -2.14. The van der Waals surface area contributed by atoms with Crippen LogP contribution in [0, 0.1) is 11.3 Å². The Morgan fingerprint density at radius 3 is 1.62 bits per heavy atom. The molecule has 11 aromatic carbocycles. The molecule has 0 bridgehead atoms. The van der Waals surface area contributed by atoms with Crippen LogP contribution in [0.2, 0.25) is 0 Å². The van der Waals surface area contributed by atoms with Gasteiger partial charge in [-0.3, -0.25) is 0 Å². The highest BCUT2D eigenvalue weighted by atomic mass is 15.0. The van der Waals surface area contributed by atoms with Crippen LogP contribution in [-0.2, 0) is 0 Å². The molecule has 0 spiro atoms. The van der Waals surface area contributed by atoms with Gasteiger partial charge in [0.1, 0.15) is 0 Å². The third-order valence-electron chi connectivity index (χ3n) is 13.5. The highest BCUT2D eigenvalue weighted by Crippen LogP contribution is 2.48. The standard InChI is InChI=1S/C64H38N4/c65-39-50-18-9-21-53(48-17-6-16-47(37-48)40-25-27-42(28-26-40)52-20-10-22-54-51-19-5-4-11-41(51)33-35-55(52)54)60(50)44-29-31-46(32-30-44)63-66-62(45-12-2-1-3-13-45)67-64(68-63)49-34-36-56-57-23-7-14-43-15-8-24-58(61(43)57)59(56)38-49/h1-38H. The van der Waals surface area contributed by atoms with Gasteiger partial charge < -0.3 is 0 Å². The second-order valence-electron chi connectivity index (χ2n) is 17.4. The number of benzene rings is 11. The topological polar surface area (TPSA) is 62.5 Å². The molecule has 1 aliphatic carbocycles. The third-order valence-corrected chi connectivity index (χ3v) is 13.5. The van der Waals surface area contributed by atoms with Gasteiger partial charge in [0, 0.05) is 22.3 Å². The van der Waals surface area contributed by atoms with Crippen molar-refractivity contribution in [3.8, 4) is 107 Å². The molecule has 4 heteroatoms. The molecule has 0 saturated carbocycles. The van der Waals surface area contributed by atoms with E-state index in [0.29, 0.717) is 23.0 Å². The first kappa shape index (κ1) is 39.1. The van der Waals surface area contributed by atoms with E-state index in [1.54, 1.807) is 0 Å². The SMILES string of the molecule is N#Cc1cccc(-c2cccc(-c3ccc(-c4cccc5c4ccc4ccccc45)cc3)c2)c1-c1ccc(-c2nc(-c3ccccc3)nc(-c3ccc4c(c3)-c3cccc5cccc-4c35)n2)cc1. The smallest absolute Gasteiger partial charge is 0.164 e. The Bertz CT molecular complexity index is 4010. The van der Waals surface area contributed by atoms with Crippen molar-refractivity contribution in [3.05, 3.63) is 236 Å². The number of fused-ring (bicyclic) bond motifs is 6. The largest absolute Gasteiger partial charge is 0.208 e. The van der Waals surface area contributed by atoms with Gasteiger partial charge in [-0.1, -0.05) is 212 Å². The number of hydrogen-bond acceptors (Lipinski definition) is 4. The zero-order valence-corrected chi connectivity index (χ0v) is 36.7. The van der Waals surface area contributed by atoms with Gasteiger partial charge in [0.2, 0.25) is 0 Å². The summed E-state index contributed by atoms with van der Waals surface area (Å²) in [5.74, 6) is 1.79. The predicted molar refractivity (Wildman–Crippen MR) is 280 cm³/mol. The van der Waals surface area contributed by atoms with Crippen LogP contribution in [0.4, 0.5) is 0 Å². The van der Waals surface area contributed by atoms with Gasteiger partial charge in [-0.2, -0.15) is 5.26 Å². The van der Waals surface area contributed by atoms with E-state index in [9.17, 15) is 5.26 Å². The van der Waals surface area contributed by atoms with Crippen LogP contribution in [0.1, 0.15) is 5.56 Å². The number of hydrogen-bond donors (Lipinski definition) is 0. The Hall–Kier alpha value is -9.30. The number of aromatic nitrogens is 3. The summed E-state index contributed by atoms with van der Waals surface area (Å²) >= 11 is 0. The maximum Gasteiger partial charge on any atom is 0.164 e. The Labute approximate surface area is 393 Å². The van der Waals surface area contributed by atoms with Crippen molar-refractivity contribution >= 4 is 32.3 Å². The second kappa shape index (κ2) is 16.0. The zero-order valence-electron chi connectivity index (χ0n) is 36.7. The maximum absolute atomic E-state index is 10.5. The Kier molecular flexibility index (Phi) is 9.20. The summed E-state index contributed by atoms with van der Waals surface area (Å²) in [5.41, 5.74) is 16.6. The molecule has 13 rings (SSSR count). The average Bonchev–Trinajstić information content (AvgIpc) is 3.74. The molecule has 314 valence electrons. The zero-order chi connectivity index (χ0) is 45.1. The number of rotatable bonds is 7. The molecule has 12 aromatic rings. The Balaban J connectivity index is 0.845. The molecule has 68 heavy (non-hydrogen) atoms. The van der Waals surface area contributed by atoms with Gasteiger partial charge in [-0.15, -0.1) is 0 Å². The summed E-state index contributed by atoms with van der Waals surface area (Å²) in [6.45, 7) is 0. The quantitative estimate of drug-likeness (QED) is 0.150. The fourth-order valence-corrected chi connectivity index (χ4v) is 10.3. The number of nitrogens with zero attached hydrogens (tertiary/aromatic N) is 4. The summed E-state index contributed by atoms with van der Waals surface area (Å²) in [4.78, 5) is 15.2. The first-order valence-electron chi connectivity index (χ1n) is 22.9. The molecule has 1 aliphatic rings. The van der Waals surface area contributed by atoms with Gasteiger partial charge in [0.25, 0.3) is 0 Å². The first-order valence-corrected chi connectivity index (χ1v) is 22.9. The van der Waals surface area contributed by atoms with E-state index < -0.39 is 0 Å². The van der Waals surface area contributed by atoms with E-state index in [2.05, 4.69) is 194 Å². The minimum atomic E-state index is 0.577. The lowest BCUT2D eigenvalue weighted by molar-refractivity contribution is 1.07. The first-order chi connectivity index (χ1) is 33.6. The Morgan fingerprint density at radius 2 is 0.824 bits per heavy atom. The lowest BCUT2D eigenvalue weighted by Crippen LogP contribution is -2.00. The molecule has 0 radical (unpaired) electrons. The molecule has 0 fully saturated rings. The molecular weight excluding hydrogens is 825 g/mol. The van der Waals surface area contributed by atoms with E-state index in [-0.39, 0.29) is 0 Å². The van der Waals surface area contributed by atoms with Crippen LogP contribution in [0.3, 0.4) is 0 Å². The normalized spacial score (nSPS) is 11.5. The predicted octanol–water partition coefficient (Wildman–Crippen LogP) is 16.5. The van der Waals surface area contributed by atoms with Crippen molar-refractivity contribution in [1.82, 2.24) is 15.0 Å². The summed E-state index contributed by atoms with van der Waals surface area (Å²) in [6.07, 6.45) is 0. The molecule has 4 nitrogen and oxygen atoms in total. The van der Waals surface area contributed by atoms with Gasteiger partial charge in [-0.05, 0) is 112 Å². The molecule has 0 amide bonds. The molecular formula is C64H38N4. The fraction of sp³-hybridized carbons (Fsp3) is 0. The van der Waals surface area contributed by atoms with E-state index >= 15 is 0 Å². The van der Waals surface area contributed by atoms with Crippen LogP contribution < -0.4 is 0 Å². The van der Waals surface area contributed by atoms with Crippen LogP contribution >= 0.6 is 0 Å². The van der Waals surface area contributed by atoms with Gasteiger partial charge in [0.05, 0.1) is 11.6 Å². The fourth-order valence-electron chi connectivity index (χ4n) is 10.3. The van der Waals surface area contributed by atoms with E-state index in [0.717, 1.165) is 50.1 Å². The summed E-state index contributed by atoms with van der Waals surface area (Å²) in [7, 11) is 0. The van der Waals surface area contributed by atoms with Crippen molar-refractivity contribution in [3.63, 3.8) is 0 Å². The molecule has 1 heterocycles. The minimum absolute atomic E-state index is 0.577. The molecule has 0 aliphatic heterocycles. The van der Waals surface area contributed by atoms with Gasteiger partial charge >= 0.3 is 0 Å². The van der Waals surface area contributed by atoms with E-state index in [4.69, 9.17) is 15.0 Å². The van der Waals surface area contributed by atoms with Crippen molar-refractivity contribution in [2.24, 2.45) is 0 Å². The van der Waals surface area contributed by atoms with E-state index in [1.165, 1.54) is 65.7 Å². The molecule has 0 atom stereocenters. The van der Waals surface area contributed by atoms with Gasteiger partial charge in [0.15, 0.2) is 17.5 Å². The number of nitriles is 1. The van der Waals surface area contributed by atoms with Crippen LogP contribution in [0.15, 0.2) is 231 Å². The van der Waals surface area contributed by atoms with Crippen LogP contribution in [-0.4, -0.2) is 15.0 Å². The van der Waals surface area contributed by atoms with Crippen molar-refractivity contribution in [2.45, 2.75) is 0 Å². The van der Waals surface area contributed by atoms with Crippen LogP contribution in [0.5, 0.6) is 0 Å². The summed E-state index contributed by atoms with van der Waals surface area (Å²) in [6, 6.07) is 83.4. The Morgan fingerprint density at radius 1 is 0.279 bits per heavy atom. The van der Waals surface area contributed by atoms with Crippen molar-refractivity contribution < 1.29 is 0 Å². The molecule has 0 N–H and O–H groups in total. The lowest BCUT2D eigenvalue weighted by atomic mass is 9.89. The van der Waals surface area contributed by atoms with Gasteiger partial charge in [-0.25, -0.2) is 15.0 Å². The highest BCUT2D eigenvalue weighted by Gasteiger charge is 2.23. The van der Waals surface area contributed by atoms with Crippen molar-refractivity contribution in [2.75, 3.05) is 0 Å². The monoisotopic (exact) mass is 862 g/mol. The summed E-state index contributed by atoms with van der Waals surface area (Å²) < 4.78 is 0. The van der Waals surface area contributed by atoms with E-state index in [1.807, 2.05) is 42.5 Å².